The van der Waals surface area contributed by atoms with E-state index in [1.807, 2.05) is 0 Å². The van der Waals surface area contributed by atoms with Crippen LogP contribution < -0.4 is 0 Å². The first kappa shape index (κ1) is 7.96. The third kappa shape index (κ3) is 2.63. The van der Waals surface area contributed by atoms with Gasteiger partial charge in [-0.3, -0.25) is 0 Å². The molecule has 0 N–H and O–H groups in total. The highest BCUT2D eigenvalue weighted by atomic mass is 19.3. The van der Waals surface area contributed by atoms with Crippen LogP contribution >= 0.6 is 0 Å². The number of hydrogen-bond donors (Lipinski definition) is 0. The van der Waals surface area contributed by atoms with Gasteiger partial charge in [-0.2, -0.15) is 0 Å². The monoisotopic (exact) mass is 148 g/mol. The van der Waals surface area contributed by atoms with E-state index in [4.69, 9.17) is 0 Å². The van der Waals surface area contributed by atoms with Gasteiger partial charge < -0.3 is 0 Å². The Morgan fingerprint density at radius 3 is 1.60 bits per heavy atom. The van der Waals surface area contributed by atoms with Crippen LogP contribution in [0, 0.1) is 0 Å². The highest BCUT2D eigenvalue weighted by Gasteiger charge is 2.27. The molecule has 0 radical (unpaired) electrons. The average molecular weight is 148 g/mol. The summed E-state index contributed by atoms with van der Waals surface area (Å²) in [7, 11) is 0. The van der Waals surface area contributed by atoms with Crippen molar-refractivity contribution in [2.75, 3.05) is 0 Å². The van der Waals surface area contributed by atoms with Gasteiger partial charge in [0.05, 0.1) is 0 Å². The Kier molecular flexibility index (Phi) is 2.64. The molecule has 0 nitrogen and oxygen atoms in total. The summed E-state index contributed by atoms with van der Waals surface area (Å²) in [5.74, 6) is -2.35. The molecule has 60 valence electrons. The lowest BCUT2D eigenvalue weighted by molar-refractivity contribution is -0.0239. The van der Waals surface area contributed by atoms with Gasteiger partial charge in [0.25, 0.3) is 0 Å². The van der Waals surface area contributed by atoms with Crippen LogP contribution in [0.4, 0.5) is 8.78 Å². The second kappa shape index (κ2) is 3.31. The number of halogens is 2. The van der Waals surface area contributed by atoms with Crippen molar-refractivity contribution in [2.45, 2.75) is 50.9 Å². The summed E-state index contributed by atoms with van der Waals surface area (Å²) >= 11 is 0. The number of rotatable bonds is 0. The largest absolute Gasteiger partial charge is 0.248 e. The summed E-state index contributed by atoms with van der Waals surface area (Å²) in [6.07, 6.45) is 4.81. The van der Waals surface area contributed by atoms with E-state index in [0.29, 0.717) is 12.8 Å². The number of hydrogen-bond acceptors (Lipinski definition) is 0. The Labute approximate surface area is 60.6 Å². The van der Waals surface area contributed by atoms with Crippen molar-refractivity contribution < 1.29 is 8.78 Å². The quantitative estimate of drug-likeness (QED) is 0.494. The van der Waals surface area contributed by atoms with E-state index in [-0.39, 0.29) is 12.8 Å². The Bertz CT molecular complexity index is 89.4. The molecule has 1 aliphatic rings. The van der Waals surface area contributed by atoms with Gasteiger partial charge in [-0.05, 0) is 12.8 Å². The standard InChI is InChI=1S/C8H14F2/c9-8(10)6-4-2-1-3-5-7-8/h1-7H2. The first-order valence-electron chi connectivity index (χ1n) is 4.09. The van der Waals surface area contributed by atoms with Crippen LogP contribution in [0.1, 0.15) is 44.9 Å². The van der Waals surface area contributed by atoms with E-state index >= 15 is 0 Å². The van der Waals surface area contributed by atoms with Crippen LogP contribution in [0.25, 0.3) is 0 Å². The predicted octanol–water partition coefficient (Wildman–Crippen LogP) is 3.37. The fourth-order valence-electron chi connectivity index (χ4n) is 1.42. The van der Waals surface area contributed by atoms with Crippen molar-refractivity contribution >= 4 is 0 Å². The van der Waals surface area contributed by atoms with E-state index in [9.17, 15) is 8.78 Å². The van der Waals surface area contributed by atoms with E-state index in [2.05, 4.69) is 0 Å². The van der Waals surface area contributed by atoms with Gasteiger partial charge in [0, 0.05) is 12.8 Å². The summed E-state index contributed by atoms with van der Waals surface area (Å²) in [6, 6.07) is 0. The molecule has 0 saturated heterocycles. The lowest BCUT2D eigenvalue weighted by Crippen LogP contribution is -2.16. The molecule has 1 fully saturated rings. The summed E-state index contributed by atoms with van der Waals surface area (Å²) in [6.45, 7) is 0. The fraction of sp³-hybridized carbons (Fsp3) is 1.00. The van der Waals surface area contributed by atoms with Crippen LogP contribution in [-0.4, -0.2) is 5.92 Å². The van der Waals surface area contributed by atoms with Gasteiger partial charge >= 0.3 is 0 Å². The van der Waals surface area contributed by atoms with Crippen molar-refractivity contribution in [1.82, 2.24) is 0 Å². The van der Waals surface area contributed by atoms with Gasteiger partial charge in [0.2, 0.25) is 5.92 Å². The Balaban J connectivity index is 2.30. The van der Waals surface area contributed by atoms with Gasteiger partial charge in [-0.15, -0.1) is 0 Å². The molecule has 0 unspecified atom stereocenters. The molecule has 0 aliphatic heterocycles. The molecule has 1 saturated carbocycles. The molecule has 0 bridgehead atoms. The first-order chi connectivity index (χ1) is 4.71. The lowest BCUT2D eigenvalue weighted by atomic mass is 9.98. The first-order valence-corrected chi connectivity index (χ1v) is 4.09. The molecular formula is C8H14F2. The van der Waals surface area contributed by atoms with Gasteiger partial charge in [0.1, 0.15) is 0 Å². The van der Waals surface area contributed by atoms with E-state index < -0.39 is 5.92 Å². The van der Waals surface area contributed by atoms with Crippen LogP contribution in [-0.2, 0) is 0 Å². The average Bonchev–Trinajstić information content (AvgIpc) is 1.81. The molecular weight excluding hydrogens is 134 g/mol. The second-order valence-electron chi connectivity index (χ2n) is 3.12. The second-order valence-corrected chi connectivity index (χ2v) is 3.12. The van der Waals surface area contributed by atoms with Gasteiger partial charge in [-0.25, -0.2) is 8.78 Å². The molecule has 0 spiro atoms. The maximum Gasteiger partial charge on any atom is 0.248 e. The highest BCUT2D eigenvalue weighted by molar-refractivity contribution is 4.68. The molecule has 0 aromatic rings. The molecule has 0 atom stereocenters. The smallest absolute Gasteiger partial charge is 0.207 e. The number of alkyl halides is 2. The summed E-state index contributed by atoms with van der Waals surface area (Å²) in [5, 5.41) is 0. The van der Waals surface area contributed by atoms with Crippen molar-refractivity contribution in [2.24, 2.45) is 0 Å². The summed E-state index contributed by atoms with van der Waals surface area (Å²) in [4.78, 5) is 0. The minimum atomic E-state index is -2.35. The third-order valence-electron chi connectivity index (χ3n) is 2.09. The minimum absolute atomic E-state index is 0.118. The van der Waals surface area contributed by atoms with Gasteiger partial charge in [-0.1, -0.05) is 19.3 Å². The van der Waals surface area contributed by atoms with Crippen molar-refractivity contribution in [3.05, 3.63) is 0 Å². The van der Waals surface area contributed by atoms with Crippen molar-refractivity contribution in [3.8, 4) is 0 Å². The molecule has 0 aromatic carbocycles. The minimum Gasteiger partial charge on any atom is -0.207 e. The van der Waals surface area contributed by atoms with Crippen LogP contribution in [0.15, 0.2) is 0 Å². The zero-order valence-corrected chi connectivity index (χ0v) is 6.21. The topological polar surface area (TPSA) is 0 Å². The van der Waals surface area contributed by atoms with E-state index in [1.54, 1.807) is 0 Å². The van der Waals surface area contributed by atoms with Gasteiger partial charge in [0.15, 0.2) is 0 Å². The van der Waals surface area contributed by atoms with Crippen molar-refractivity contribution in [3.63, 3.8) is 0 Å². The summed E-state index contributed by atoms with van der Waals surface area (Å²) in [5.41, 5.74) is 0. The highest BCUT2D eigenvalue weighted by Crippen LogP contribution is 2.30. The zero-order chi connectivity index (χ0) is 7.45. The van der Waals surface area contributed by atoms with Crippen LogP contribution in [0.2, 0.25) is 0 Å². The zero-order valence-electron chi connectivity index (χ0n) is 6.21. The Hall–Kier alpha value is -0.140. The maximum atomic E-state index is 12.6. The van der Waals surface area contributed by atoms with E-state index in [1.165, 1.54) is 0 Å². The van der Waals surface area contributed by atoms with Crippen LogP contribution in [0.3, 0.4) is 0 Å². The molecule has 10 heavy (non-hydrogen) atoms. The van der Waals surface area contributed by atoms with Crippen molar-refractivity contribution in [1.29, 1.82) is 0 Å². The molecule has 1 aliphatic carbocycles. The SMILES string of the molecule is FC1(F)CCCCCCC1. The molecule has 0 amide bonds. The lowest BCUT2D eigenvalue weighted by Gasteiger charge is -2.18. The summed E-state index contributed by atoms with van der Waals surface area (Å²) < 4.78 is 25.3. The molecule has 0 aromatic heterocycles. The van der Waals surface area contributed by atoms with E-state index in [0.717, 1.165) is 19.3 Å². The Morgan fingerprint density at radius 2 is 1.10 bits per heavy atom. The van der Waals surface area contributed by atoms with Crippen LogP contribution in [0.5, 0.6) is 0 Å². The predicted molar refractivity (Wildman–Crippen MR) is 37.3 cm³/mol. The fourth-order valence-corrected chi connectivity index (χ4v) is 1.42. The molecule has 0 heterocycles. The normalized spacial score (nSPS) is 27.0. The maximum absolute atomic E-state index is 12.6. The Morgan fingerprint density at radius 1 is 0.700 bits per heavy atom. The third-order valence-corrected chi connectivity index (χ3v) is 2.09. The molecule has 1 rings (SSSR count). The molecule has 2 heteroatoms.